The highest BCUT2D eigenvalue weighted by Gasteiger charge is 2.07. The lowest BCUT2D eigenvalue weighted by Crippen LogP contribution is -2.29. The zero-order valence-corrected chi connectivity index (χ0v) is 9.98. The molecule has 0 aliphatic rings. The van der Waals surface area contributed by atoms with Crippen LogP contribution in [0.25, 0.3) is 0 Å². The number of halogens is 3. The van der Waals surface area contributed by atoms with Crippen LogP contribution < -0.4 is 11.5 Å². The summed E-state index contributed by atoms with van der Waals surface area (Å²) < 4.78 is 11.7. The molecule has 0 saturated carbocycles. The van der Waals surface area contributed by atoms with Crippen LogP contribution in [0, 0.1) is 11.8 Å². The number of carboxylic acids is 1. The molecule has 0 rings (SSSR count). The number of aliphatic imine (C=N–C) groups is 1. The first kappa shape index (κ1) is 20.4. The average Bonchev–Trinajstić information content (AvgIpc) is 2.16. The molecule has 8 heteroatoms. The summed E-state index contributed by atoms with van der Waals surface area (Å²) in [6, 6.07) is -0.995. The van der Waals surface area contributed by atoms with Gasteiger partial charge in [-0.05, 0) is 0 Å². The zero-order chi connectivity index (χ0) is 11.0. The Kier molecular flexibility index (Phi) is 15.3. The third kappa shape index (κ3) is 11.0. The van der Waals surface area contributed by atoms with Gasteiger partial charge in [-0.1, -0.05) is 11.8 Å². The zero-order valence-electron chi connectivity index (χ0n) is 8.35. The molecule has 16 heavy (non-hydrogen) atoms. The lowest BCUT2D eigenvalue weighted by atomic mass is 10.2. The lowest BCUT2D eigenvalue weighted by molar-refractivity contribution is -0.138. The summed E-state index contributed by atoms with van der Waals surface area (Å²) in [5.41, 5.74) is 10.2. The minimum atomic E-state index is -1.11. The van der Waals surface area contributed by atoms with Gasteiger partial charge in [-0.3, -0.25) is 9.79 Å². The number of hydrogen-bond donors (Lipinski definition) is 3. The lowest BCUT2D eigenvalue weighted by Gasteiger charge is -1.97. The van der Waals surface area contributed by atoms with Crippen LogP contribution >= 0.6 is 24.8 Å². The molecule has 0 aromatic carbocycles. The number of nitrogens with zero attached hydrogens (tertiary/aromatic N) is 1. The molecule has 0 aromatic heterocycles. The van der Waals surface area contributed by atoms with Gasteiger partial charge in [-0.25, -0.2) is 4.39 Å². The van der Waals surface area contributed by atoms with Crippen LogP contribution in [0.2, 0.25) is 0 Å². The topological polar surface area (TPSA) is 102 Å². The third-order valence-corrected chi connectivity index (χ3v) is 1.26. The molecule has 1 atom stereocenters. The maximum absolute atomic E-state index is 11.7. The fourth-order valence-corrected chi connectivity index (χ4v) is 0.509. The van der Waals surface area contributed by atoms with Gasteiger partial charge in [-0.15, -0.1) is 24.8 Å². The molecule has 0 saturated heterocycles. The largest absolute Gasteiger partial charge is 0.480 e. The van der Waals surface area contributed by atoms with Gasteiger partial charge < -0.3 is 16.6 Å². The summed E-state index contributed by atoms with van der Waals surface area (Å²) in [4.78, 5) is 13.8. The number of carboxylic acid groups (broad SMARTS) is 1. The smallest absolute Gasteiger partial charge is 0.321 e. The highest BCUT2D eigenvalue weighted by atomic mass is 35.5. The number of aliphatic carboxylic acids is 1. The standard InChI is InChI=1S/C8H12FN3O2.2ClH/c9-5-7(11)12-4-2-1-3-6(10)8(13)14;;/h6H,3-5,10H2,(H2,11,12)(H,13,14);2*1H. The summed E-state index contributed by atoms with van der Waals surface area (Å²) in [6.07, 6.45) is 0.0420. The number of rotatable bonds is 4. The van der Waals surface area contributed by atoms with Crippen molar-refractivity contribution in [2.24, 2.45) is 16.5 Å². The van der Waals surface area contributed by atoms with E-state index in [4.69, 9.17) is 16.6 Å². The molecule has 0 bridgehead atoms. The van der Waals surface area contributed by atoms with E-state index in [-0.39, 0.29) is 43.6 Å². The molecule has 5 nitrogen and oxygen atoms in total. The highest BCUT2D eigenvalue weighted by Crippen LogP contribution is 1.84. The minimum absolute atomic E-state index is 0. The minimum Gasteiger partial charge on any atom is -0.480 e. The van der Waals surface area contributed by atoms with Gasteiger partial charge >= 0.3 is 5.97 Å². The van der Waals surface area contributed by atoms with Crippen molar-refractivity contribution in [2.75, 3.05) is 13.2 Å². The average molecular weight is 274 g/mol. The van der Waals surface area contributed by atoms with Gasteiger partial charge in [0, 0.05) is 6.42 Å². The molecular weight excluding hydrogens is 260 g/mol. The Bertz CT molecular complexity index is 289. The van der Waals surface area contributed by atoms with E-state index in [1.165, 1.54) is 0 Å². The first-order chi connectivity index (χ1) is 6.57. The summed E-state index contributed by atoms with van der Waals surface area (Å²) in [5, 5.41) is 8.37. The predicted molar refractivity (Wildman–Crippen MR) is 65.0 cm³/mol. The number of nitrogens with two attached hydrogens (primary N) is 2. The second kappa shape index (κ2) is 12.0. The Balaban J connectivity index is -0.000000845. The van der Waals surface area contributed by atoms with Gasteiger partial charge in [0.25, 0.3) is 0 Å². The molecule has 1 unspecified atom stereocenters. The van der Waals surface area contributed by atoms with Gasteiger partial charge in [0.2, 0.25) is 0 Å². The van der Waals surface area contributed by atoms with E-state index in [1.807, 2.05) is 0 Å². The SMILES string of the molecule is Cl.Cl.NC(CF)=NCC#CCC(N)C(=O)O. The van der Waals surface area contributed by atoms with Crippen molar-refractivity contribution < 1.29 is 14.3 Å². The van der Waals surface area contributed by atoms with E-state index in [0.717, 1.165) is 0 Å². The van der Waals surface area contributed by atoms with Crippen LogP contribution in [-0.2, 0) is 4.79 Å². The van der Waals surface area contributed by atoms with Crippen LogP contribution in [0.3, 0.4) is 0 Å². The first-order valence-corrected chi connectivity index (χ1v) is 3.86. The summed E-state index contributed by atoms with van der Waals surface area (Å²) in [6.45, 7) is -0.752. The molecule has 0 spiro atoms. The fourth-order valence-electron chi connectivity index (χ4n) is 0.509. The van der Waals surface area contributed by atoms with E-state index < -0.39 is 18.7 Å². The number of carbonyl (C=O) groups is 1. The number of alkyl halides is 1. The second-order valence-corrected chi connectivity index (χ2v) is 2.44. The van der Waals surface area contributed by atoms with E-state index in [9.17, 15) is 9.18 Å². The second-order valence-electron chi connectivity index (χ2n) is 2.44. The molecule has 0 radical (unpaired) electrons. The summed E-state index contributed by atoms with van der Waals surface area (Å²) in [5.74, 6) is 3.79. The maximum atomic E-state index is 11.7. The summed E-state index contributed by atoms with van der Waals surface area (Å²) >= 11 is 0. The van der Waals surface area contributed by atoms with Crippen LogP contribution in [-0.4, -0.2) is 36.2 Å². The van der Waals surface area contributed by atoms with Crippen molar-refractivity contribution in [2.45, 2.75) is 12.5 Å². The molecule has 94 valence electrons. The van der Waals surface area contributed by atoms with Gasteiger partial charge in [0.1, 0.15) is 25.1 Å². The molecule has 0 aromatic rings. The third-order valence-electron chi connectivity index (χ3n) is 1.26. The van der Waals surface area contributed by atoms with Crippen molar-refractivity contribution in [3.63, 3.8) is 0 Å². The van der Waals surface area contributed by atoms with Crippen molar-refractivity contribution in [3.8, 4) is 11.8 Å². The quantitative estimate of drug-likeness (QED) is 0.380. The number of amidine groups is 1. The van der Waals surface area contributed by atoms with Gasteiger partial charge in [-0.2, -0.15) is 0 Å². The molecule has 5 N–H and O–H groups in total. The first-order valence-electron chi connectivity index (χ1n) is 3.86. The molecule has 0 heterocycles. The highest BCUT2D eigenvalue weighted by molar-refractivity contribution is 5.85. The Hall–Kier alpha value is -1.03. The molecular formula is C8H14Cl2FN3O2. The van der Waals surface area contributed by atoms with E-state index >= 15 is 0 Å². The Morgan fingerprint density at radius 3 is 2.44 bits per heavy atom. The normalized spacial score (nSPS) is 11.2. The van der Waals surface area contributed by atoms with Crippen molar-refractivity contribution in [3.05, 3.63) is 0 Å². The predicted octanol–water partition coefficient (Wildman–Crippen LogP) is -0.0379. The van der Waals surface area contributed by atoms with Crippen molar-refractivity contribution >= 4 is 36.6 Å². The van der Waals surface area contributed by atoms with Crippen LogP contribution in [0.15, 0.2) is 4.99 Å². The molecule has 0 aliphatic carbocycles. The van der Waals surface area contributed by atoms with Crippen molar-refractivity contribution in [1.29, 1.82) is 0 Å². The molecule has 0 aliphatic heterocycles. The van der Waals surface area contributed by atoms with Crippen LogP contribution in [0.5, 0.6) is 0 Å². The van der Waals surface area contributed by atoms with Crippen LogP contribution in [0.4, 0.5) is 4.39 Å². The Morgan fingerprint density at radius 1 is 1.44 bits per heavy atom. The number of hydrogen-bond acceptors (Lipinski definition) is 3. The Labute approximate surface area is 105 Å². The monoisotopic (exact) mass is 273 g/mol. The van der Waals surface area contributed by atoms with E-state index in [2.05, 4.69) is 16.8 Å². The van der Waals surface area contributed by atoms with E-state index in [1.54, 1.807) is 0 Å². The van der Waals surface area contributed by atoms with Crippen molar-refractivity contribution in [1.82, 2.24) is 0 Å². The molecule has 0 fully saturated rings. The summed E-state index contributed by atoms with van der Waals surface area (Å²) in [7, 11) is 0. The fraction of sp³-hybridized carbons (Fsp3) is 0.500. The van der Waals surface area contributed by atoms with Gasteiger partial charge in [0.05, 0.1) is 0 Å². The maximum Gasteiger partial charge on any atom is 0.321 e. The van der Waals surface area contributed by atoms with E-state index in [0.29, 0.717) is 0 Å². The van der Waals surface area contributed by atoms with Gasteiger partial charge in [0.15, 0.2) is 0 Å². The van der Waals surface area contributed by atoms with Crippen LogP contribution in [0.1, 0.15) is 6.42 Å². The molecule has 0 amide bonds. The Morgan fingerprint density at radius 2 is 2.00 bits per heavy atom.